The number of carbonyl (C=O) groups is 1. The summed E-state index contributed by atoms with van der Waals surface area (Å²) in [6.07, 6.45) is 1.19. The van der Waals surface area contributed by atoms with Crippen LogP contribution in [0.3, 0.4) is 0 Å². The summed E-state index contributed by atoms with van der Waals surface area (Å²) < 4.78 is 28.1. The lowest BCUT2D eigenvalue weighted by Gasteiger charge is -2.33. The molecule has 3 rings (SSSR count). The topological polar surface area (TPSA) is 70.6 Å². The van der Waals surface area contributed by atoms with Gasteiger partial charge in [0.25, 0.3) is 0 Å². The van der Waals surface area contributed by atoms with Crippen LogP contribution in [0.1, 0.15) is 26.3 Å². The van der Waals surface area contributed by atoms with Crippen molar-refractivity contribution in [2.45, 2.75) is 49.8 Å². The first-order valence-electron chi connectivity index (χ1n) is 9.65. The Labute approximate surface area is 177 Å². The van der Waals surface area contributed by atoms with Gasteiger partial charge in [-0.1, -0.05) is 49.4 Å². The van der Waals surface area contributed by atoms with Crippen molar-refractivity contribution in [1.82, 2.24) is 14.2 Å². The zero-order chi connectivity index (χ0) is 21.2. The van der Waals surface area contributed by atoms with E-state index in [2.05, 4.69) is 4.98 Å². The first kappa shape index (κ1) is 21.8. The van der Waals surface area contributed by atoms with Crippen molar-refractivity contribution >= 4 is 27.7 Å². The molecule has 0 spiro atoms. The van der Waals surface area contributed by atoms with Gasteiger partial charge in [-0.25, -0.2) is 13.4 Å². The second kappa shape index (κ2) is 8.85. The van der Waals surface area contributed by atoms with E-state index in [-0.39, 0.29) is 28.5 Å². The van der Waals surface area contributed by atoms with Gasteiger partial charge in [0, 0.05) is 18.8 Å². The third-order valence-corrected chi connectivity index (χ3v) is 7.77. The van der Waals surface area contributed by atoms with Crippen LogP contribution in [0.4, 0.5) is 0 Å². The Morgan fingerprint density at radius 2 is 1.90 bits per heavy atom. The first-order valence-corrected chi connectivity index (χ1v) is 12.1. The third-order valence-electron chi connectivity index (χ3n) is 4.99. The van der Waals surface area contributed by atoms with Gasteiger partial charge in [0.15, 0.2) is 0 Å². The number of amides is 1. The van der Waals surface area contributed by atoms with E-state index in [9.17, 15) is 13.2 Å². The molecule has 156 valence electrons. The van der Waals surface area contributed by atoms with Crippen LogP contribution in [-0.2, 0) is 14.8 Å². The molecule has 0 unspecified atom stereocenters. The number of rotatable bonds is 6. The molecule has 2 atom stereocenters. The summed E-state index contributed by atoms with van der Waals surface area (Å²) in [5, 5.41) is 0.776. The molecule has 0 radical (unpaired) electrons. The monoisotopic (exact) mass is 433 g/mol. The van der Waals surface area contributed by atoms with Crippen LogP contribution < -0.4 is 0 Å². The van der Waals surface area contributed by atoms with Crippen LogP contribution in [0.5, 0.6) is 0 Å². The summed E-state index contributed by atoms with van der Waals surface area (Å²) in [6, 6.07) is 12.2. The number of nitrogens with zero attached hydrogens (tertiary/aromatic N) is 3. The SMILES string of the molecule is Cc1ccc(S(=O)(=O)N2C[C@H](C)N(C(=O)CSc3ccccn3)[C@@H]2C(C)C)cc1. The summed E-state index contributed by atoms with van der Waals surface area (Å²) in [4.78, 5) is 19.3. The van der Waals surface area contributed by atoms with Gasteiger partial charge in [0.1, 0.15) is 6.17 Å². The van der Waals surface area contributed by atoms with Gasteiger partial charge in [-0.05, 0) is 44.0 Å². The highest BCUT2D eigenvalue weighted by Crippen LogP contribution is 2.32. The van der Waals surface area contributed by atoms with E-state index in [0.29, 0.717) is 6.54 Å². The number of aromatic nitrogens is 1. The highest BCUT2D eigenvalue weighted by molar-refractivity contribution is 7.99. The standard InChI is InChI=1S/C21H27N3O3S2/c1-15(2)21-23(29(26,27)18-10-8-16(3)9-11-18)13-17(4)24(21)20(25)14-28-19-7-5-6-12-22-19/h5-12,15,17,21H,13-14H2,1-4H3/t17-,21+/m0/s1. The van der Waals surface area contributed by atoms with E-state index in [4.69, 9.17) is 0 Å². The van der Waals surface area contributed by atoms with Crippen molar-refractivity contribution in [1.29, 1.82) is 0 Å². The van der Waals surface area contributed by atoms with Gasteiger partial charge in [0.05, 0.1) is 15.7 Å². The predicted octanol–water partition coefficient (Wildman–Crippen LogP) is 3.39. The Bertz CT molecular complexity index is 947. The molecule has 1 aliphatic rings. The van der Waals surface area contributed by atoms with E-state index < -0.39 is 16.2 Å². The highest BCUT2D eigenvalue weighted by atomic mass is 32.2. The zero-order valence-electron chi connectivity index (χ0n) is 17.1. The molecule has 0 N–H and O–H groups in total. The lowest BCUT2D eigenvalue weighted by molar-refractivity contribution is -0.132. The molecule has 29 heavy (non-hydrogen) atoms. The average molecular weight is 434 g/mol. The van der Waals surface area contributed by atoms with Gasteiger partial charge in [-0.3, -0.25) is 4.79 Å². The maximum atomic E-state index is 13.3. The van der Waals surface area contributed by atoms with Crippen molar-refractivity contribution in [3.63, 3.8) is 0 Å². The Kier molecular flexibility index (Phi) is 6.65. The lowest BCUT2D eigenvalue weighted by Crippen LogP contribution is -2.49. The summed E-state index contributed by atoms with van der Waals surface area (Å²) in [6.45, 7) is 8.02. The summed E-state index contributed by atoms with van der Waals surface area (Å²) >= 11 is 1.37. The van der Waals surface area contributed by atoms with E-state index in [0.717, 1.165) is 10.6 Å². The largest absolute Gasteiger partial charge is 0.321 e. The minimum atomic E-state index is -3.70. The van der Waals surface area contributed by atoms with E-state index in [1.54, 1.807) is 35.4 Å². The molecule has 1 aromatic carbocycles. The average Bonchev–Trinajstić information content (AvgIpc) is 3.05. The molecule has 0 bridgehead atoms. The zero-order valence-corrected chi connectivity index (χ0v) is 18.8. The highest BCUT2D eigenvalue weighted by Gasteiger charge is 2.47. The Hall–Kier alpha value is -1.90. The summed E-state index contributed by atoms with van der Waals surface area (Å²) in [5.74, 6) is 0.112. The van der Waals surface area contributed by atoms with Gasteiger partial charge >= 0.3 is 0 Å². The predicted molar refractivity (Wildman–Crippen MR) is 115 cm³/mol. The fourth-order valence-corrected chi connectivity index (χ4v) is 6.15. The molecule has 1 amide bonds. The maximum Gasteiger partial charge on any atom is 0.244 e. The Balaban J connectivity index is 1.84. The minimum Gasteiger partial charge on any atom is -0.321 e. The van der Waals surface area contributed by atoms with E-state index in [1.165, 1.54) is 16.1 Å². The van der Waals surface area contributed by atoms with E-state index in [1.807, 2.05) is 45.9 Å². The number of benzene rings is 1. The van der Waals surface area contributed by atoms with Crippen molar-refractivity contribution in [3.8, 4) is 0 Å². The summed E-state index contributed by atoms with van der Waals surface area (Å²) in [5.41, 5.74) is 1.00. The molecule has 2 aromatic rings. The number of hydrogen-bond donors (Lipinski definition) is 0. The van der Waals surface area contributed by atoms with Crippen LogP contribution >= 0.6 is 11.8 Å². The van der Waals surface area contributed by atoms with Crippen molar-refractivity contribution in [3.05, 3.63) is 54.2 Å². The fraction of sp³-hybridized carbons (Fsp3) is 0.429. The minimum absolute atomic E-state index is 0.0380. The molecule has 1 aromatic heterocycles. The smallest absolute Gasteiger partial charge is 0.244 e. The van der Waals surface area contributed by atoms with Crippen molar-refractivity contribution in [2.75, 3.05) is 12.3 Å². The molecule has 1 fully saturated rings. The number of pyridine rings is 1. The molecule has 2 heterocycles. The van der Waals surface area contributed by atoms with Crippen molar-refractivity contribution < 1.29 is 13.2 Å². The van der Waals surface area contributed by atoms with Crippen LogP contribution in [0.2, 0.25) is 0 Å². The van der Waals surface area contributed by atoms with Crippen LogP contribution in [0, 0.1) is 12.8 Å². The van der Waals surface area contributed by atoms with Crippen LogP contribution in [0.15, 0.2) is 58.6 Å². The summed E-state index contributed by atoms with van der Waals surface area (Å²) in [7, 11) is -3.70. The number of sulfonamides is 1. The van der Waals surface area contributed by atoms with Gasteiger partial charge in [-0.15, -0.1) is 0 Å². The number of carbonyl (C=O) groups excluding carboxylic acids is 1. The fourth-order valence-electron chi connectivity index (χ4n) is 3.63. The molecule has 0 saturated carbocycles. The molecule has 6 nitrogen and oxygen atoms in total. The second-order valence-corrected chi connectivity index (χ2v) is 10.5. The molecule has 0 aliphatic carbocycles. The van der Waals surface area contributed by atoms with Gasteiger partial charge in [0.2, 0.25) is 15.9 Å². The Morgan fingerprint density at radius 3 is 2.48 bits per heavy atom. The Morgan fingerprint density at radius 1 is 1.21 bits per heavy atom. The molecular formula is C21H27N3O3S2. The first-order chi connectivity index (χ1) is 13.7. The second-order valence-electron chi connectivity index (χ2n) is 7.65. The van der Waals surface area contributed by atoms with Gasteiger partial charge < -0.3 is 4.90 Å². The van der Waals surface area contributed by atoms with Crippen LogP contribution in [0.25, 0.3) is 0 Å². The van der Waals surface area contributed by atoms with Crippen molar-refractivity contribution in [2.24, 2.45) is 5.92 Å². The van der Waals surface area contributed by atoms with Crippen LogP contribution in [-0.4, -0.2) is 53.0 Å². The maximum absolute atomic E-state index is 13.3. The number of hydrogen-bond acceptors (Lipinski definition) is 5. The number of thioether (sulfide) groups is 1. The molecular weight excluding hydrogens is 406 g/mol. The lowest BCUT2D eigenvalue weighted by atomic mass is 10.1. The number of aryl methyl sites for hydroxylation is 1. The molecule has 1 saturated heterocycles. The third kappa shape index (κ3) is 4.65. The molecule has 8 heteroatoms. The quantitative estimate of drug-likeness (QED) is 0.653. The normalized spacial score (nSPS) is 20.4. The van der Waals surface area contributed by atoms with E-state index >= 15 is 0 Å². The molecule has 1 aliphatic heterocycles. The van der Waals surface area contributed by atoms with Gasteiger partial charge in [-0.2, -0.15) is 4.31 Å².